The quantitative estimate of drug-likeness (QED) is 0.529. The average molecular weight is 382 g/mol. The fraction of sp³-hybridized carbons (Fsp3) is 1.00. The number of hydrogen-bond acceptors (Lipinski definition) is 0. The number of halogens is 15. The van der Waals surface area contributed by atoms with Crippen LogP contribution in [-0.4, -0.2) is 47.6 Å². The molecule has 0 unspecified atom stereocenters. The summed E-state index contributed by atoms with van der Waals surface area (Å²) in [5, 5.41) is 0. The van der Waals surface area contributed by atoms with Crippen molar-refractivity contribution in [1.29, 1.82) is 0 Å². The third-order valence-corrected chi connectivity index (χ3v) is 3.05. The summed E-state index contributed by atoms with van der Waals surface area (Å²) in [6.45, 7) is 0. The van der Waals surface area contributed by atoms with Gasteiger partial charge in [0.05, 0.1) is 0 Å². The molecule has 1 fully saturated rings. The SMILES string of the molecule is FC1C(F)(F)C(F)(F)C(F)(F)C(F)(F)C(F)(F)C(F)(F)C1(F)F. The molecule has 0 atom stereocenters. The van der Waals surface area contributed by atoms with E-state index in [0.29, 0.717) is 0 Å². The maximum absolute atomic E-state index is 12.8. The lowest BCUT2D eigenvalue weighted by molar-refractivity contribution is -0.475. The molecule has 1 aliphatic carbocycles. The van der Waals surface area contributed by atoms with E-state index in [9.17, 15) is 65.9 Å². The zero-order valence-corrected chi connectivity index (χ0v) is 9.75. The Morgan fingerprint density at radius 2 is 0.522 bits per heavy atom. The van der Waals surface area contributed by atoms with Crippen molar-refractivity contribution in [3.63, 3.8) is 0 Å². The van der Waals surface area contributed by atoms with Crippen molar-refractivity contribution < 1.29 is 65.9 Å². The first-order valence-electron chi connectivity index (χ1n) is 4.94. The molecule has 0 heterocycles. The Morgan fingerprint density at radius 3 is 0.739 bits per heavy atom. The number of hydrogen-bond donors (Lipinski definition) is 0. The van der Waals surface area contributed by atoms with E-state index in [-0.39, 0.29) is 0 Å². The van der Waals surface area contributed by atoms with Crippen molar-refractivity contribution in [3.8, 4) is 0 Å². The minimum absolute atomic E-state index is 6.33. The molecule has 15 heteroatoms. The number of rotatable bonds is 0. The third-order valence-electron chi connectivity index (χ3n) is 3.05. The molecule has 1 aliphatic rings. The molecule has 0 aromatic carbocycles. The Kier molecular flexibility index (Phi) is 3.75. The van der Waals surface area contributed by atoms with E-state index >= 15 is 0 Å². The van der Waals surface area contributed by atoms with E-state index in [0.717, 1.165) is 0 Å². The predicted octanol–water partition coefficient (Wildman–Crippen LogP) is 4.79. The van der Waals surface area contributed by atoms with Crippen LogP contribution in [0.3, 0.4) is 0 Å². The molecule has 0 spiro atoms. The van der Waals surface area contributed by atoms with E-state index in [1.807, 2.05) is 0 Å². The molecule has 1 saturated carbocycles. The summed E-state index contributed by atoms with van der Waals surface area (Å²) in [4.78, 5) is 0. The second-order valence-corrected chi connectivity index (χ2v) is 4.48. The summed E-state index contributed by atoms with van der Waals surface area (Å²) in [6.07, 6.45) is -6.33. The van der Waals surface area contributed by atoms with Gasteiger partial charge in [-0.1, -0.05) is 0 Å². The van der Waals surface area contributed by atoms with Crippen LogP contribution in [0.1, 0.15) is 0 Å². The first kappa shape index (κ1) is 20.0. The summed E-state index contributed by atoms with van der Waals surface area (Å²) in [5.74, 6) is -54.9. The van der Waals surface area contributed by atoms with Gasteiger partial charge in [-0.05, 0) is 0 Å². The Hall–Kier alpha value is -1.05. The van der Waals surface area contributed by atoms with Crippen molar-refractivity contribution in [2.24, 2.45) is 0 Å². The van der Waals surface area contributed by atoms with Crippen LogP contribution in [0.25, 0.3) is 0 Å². The molecule has 1 rings (SSSR count). The Labute approximate surface area is 115 Å². The third kappa shape index (κ3) is 1.78. The Balaban J connectivity index is 3.95. The summed E-state index contributed by atoms with van der Waals surface area (Å²) in [5.41, 5.74) is 0. The molecule has 138 valence electrons. The largest absolute Gasteiger partial charge is 0.384 e. The normalized spacial score (nSPS) is 33.5. The minimum atomic E-state index is -8.08. The van der Waals surface area contributed by atoms with Crippen LogP contribution in [0.4, 0.5) is 65.9 Å². The van der Waals surface area contributed by atoms with Gasteiger partial charge in [0, 0.05) is 0 Å². The van der Waals surface area contributed by atoms with Crippen molar-refractivity contribution in [2.75, 3.05) is 0 Å². The Morgan fingerprint density at radius 1 is 0.348 bits per heavy atom. The second kappa shape index (κ2) is 4.32. The van der Waals surface area contributed by atoms with E-state index in [1.165, 1.54) is 0 Å². The summed E-state index contributed by atoms with van der Waals surface area (Å²) in [6, 6.07) is 0. The monoisotopic (exact) mass is 382 g/mol. The van der Waals surface area contributed by atoms with Gasteiger partial charge >= 0.3 is 41.5 Å². The van der Waals surface area contributed by atoms with E-state index in [1.54, 1.807) is 0 Å². The van der Waals surface area contributed by atoms with E-state index in [2.05, 4.69) is 0 Å². The van der Waals surface area contributed by atoms with Crippen LogP contribution in [0.2, 0.25) is 0 Å². The molecule has 0 amide bonds. The molecule has 0 N–H and O–H groups in total. The van der Waals surface area contributed by atoms with Gasteiger partial charge in [0.2, 0.25) is 6.17 Å². The van der Waals surface area contributed by atoms with Crippen LogP contribution in [0.5, 0.6) is 0 Å². The number of alkyl halides is 15. The first-order valence-corrected chi connectivity index (χ1v) is 4.94. The van der Waals surface area contributed by atoms with Gasteiger partial charge in [-0.25, -0.2) is 4.39 Å². The van der Waals surface area contributed by atoms with Crippen molar-refractivity contribution in [3.05, 3.63) is 0 Å². The fourth-order valence-electron chi connectivity index (χ4n) is 1.56. The first-order chi connectivity index (χ1) is 9.65. The van der Waals surface area contributed by atoms with Gasteiger partial charge in [-0.2, -0.15) is 61.5 Å². The highest BCUT2D eigenvalue weighted by molar-refractivity contribution is 5.21. The van der Waals surface area contributed by atoms with Gasteiger partial charge in [-0.3, -0.25) is 0 Å². The molecule has 0 aromatic rings. The fourth-order valence-corrected chi connectivity index (χ4v) is 1.56. The maximum Gasteiger partial charge on any atom is 0.384 e. The summed E-state index contributed by atoms with van der Waals surface area (Å²) in [7, 11) is 0. The second-order valence-electron chi connectivity index (χ2n) is 4.48. The highest BCUT2D eigenvalue weighted by Gasteiger charge is 2.98. The highest BCUT2D eigenvalue weighted by atomic mass is 19.4. The standard InChI is InChI=1S/C8HF15/c9-1-2(10,11)4(14,15)6(18,19)8(22,23)7(20,21)5(16,17)3(1,12)13/h1H. The zero-order valence-electron chi connectivity index (χ0n) is 9.75. The van der Waals surface area contributed by atoms with Crippen LogP contribution < -0.4 is 0 Å². The van der Waals surface area contributed by atoms with Crippen molar-refractivity contribution in [1.82, 2.24) is 0 Å². The van der Waals surface area contributed by atoms with Gasteiger partial charge in [0.1, 0.15) is 0 Å². The van der Waals surface area contributed by atoms with Gasteiger partial charge in [0.25, 0.3) is 0 Å². The smallest absolute Gasteiger partial charge is 0.234 e. The minimum Gasteiger partial charge on any atom is -0.234 e. The van der Waals surface area contributed by atoms with E-state index in [4.69, 9.17) is 0 Å². The average Bonchev–Trinajstić information content (AvgIpc) is 2.35. The molecular weight excluding hydrogens is 381 g/mol. The molecule has 0 bridgehead atoms. The molecule has 0 aliphatic heterocycles. The van der Waals surface area contributed by atoms with Crippen LogP contribution in [0.15, 0.2) is 0 Å². The van der Waals surface area contributed by atoms with E-state index < -0.39 is 47.6 Å². The molecule has 0 aromatic heterocycles. The van der Waals surface area contributed by atoms with Crippen LogP contribution >= 0.6 is 0 Å². The maximum atomic E-state index is 12.8. The molecule has 0 nitrogen and oxygen atoms in total. The predicted molar refractivity (Wildman–Crippen MR) is 39.5 cm³/mol. The van der Waals surface area contributed by atoms with Gasteiger partial charge < -0.3 is 0 Å². The molecule has 23 heavy (non-hydrogen) atoms. The Bertz CT molecular complexity index is 446. The van der Waals surface area contributed by atoms with Crippen LogP contribution in [0, 0.1) is 0 Å². The van der Waals surface area contributed by atoms with Crippen molar-refractivity contribution in [2.45, 2.75) is 47.6 Å². The van der Waals surface area contributed by atoms with Gasteiger partial charge in [-0.15, -0.1) is 0 Å². The lowest BCUT2D eigenvalue weighted by Gasteiger charge is -2.47. The zero-order chi connectivity index (χ0) is 19.1. The molecule has 0 radical (unpaired) electrons. The van der Waals surface area contributed by atoms with Crippen molar-refractivity contribution >= 4 is 0 Å². The summed E-state index contributed by atoms with van der Waals surface area (Å²) < 4.78 is 191. The van der Waals surface area contributed by atoms with Crippen LogP contribution in [-0.2, 0) is 0 Å². The topological polar surface area (TPSA) is 0 Å². The molecular formula is C8HF15. The lowest BCUT2D eigenvalue weighted by Crippen LogP contribution is -2.79. The van der Waals surface area contributed by atoms with Gasteiger partial charge in [0.15, 0.2) is 0 Å². The highest BCUT2D eigenvalue weighted by Crippen LogP contribution is 2.67. The summed E-state index contributed by atoms with van der Waals surface area (Å²) >= 11 is 0. The molecule has 0 saturated heterocycles. The lowest BCUT2D eigenvalue weighted by atomic mass is 9.81.